The normalized spacial score (nSPS) is 26.4. The third-order valence-electron chi connectivity index (χ3n) is 4.74. The lowest BCUT2D eigenvalue weighted by molar-refractivity contribution is 0.404. The summed E-state index contributed by atoms with van der Waals surface area (Å²) < 4.78 is 0. The molecule has 1 aromatic heterocycles. The maximum absolute atomic E-state index is 5.83. The Morgan fingerprint density at radius 3 is 2.95 bits per heavy atom. The standard InChI is InChI=1S/C16H25N3/c17-10-13-5-3-7-15(13)18-11-14-9-8-12-4-1-2-6-16(12)19-14/h8-9,13,15,18H,1-7,10-11,17H2. The van der Waals surface area contributed by atoms with Gasteiger partial charge in [-0.3, -0.25) is 4.98 Å². The van der Waals surface area contributed by atoms with Crippen molar-refractivity contribution in [2.75, 3.05) is 6.54 Å². The number of aryl methyl sites for hydroxylation is 2. The molecule has 0 aromatic carbocycles. The van der Waals surface area contributed by atoms with E-state index in [1.165, 1.54) is 55.5 Å². The average Bonchev–Trinajstić information content (AvgIpc) is 2.92. The van der Waals surface area contributed by atoms with Gasteiger partial charge >= 0.3 is 0 Å². The fraction of sp³-hybridized carbons (Fsp3) is 0.688. The van der Waals surface area contributed by atoms with Gasteiger partial charge in [-0.2, -0.15) is 0 Å². The summed E-state index contributed by atoms with van der Waals surface area (Å²) in [6.45, 7) is 1.71. The number of nitrogens with zero attached hydrogens (tertiary/aromatic N) is 1. The molecule has 0 amide bonds. The van der Waals surface area contributed by atoms with Crippen LogP contribution in [0.15, 0.2) is 12.1 Å². The second-order valence-electron chi connectivity index (χ2n) is 6.03. The van der Waals surface area contributed by atoms with E-state index in [0.29, 0.717) is 12.0 Å². The minimum absolute atomic E-state index is 0.600. The van der Waals surface area contributed by atoms with Crippen molar-refractivity contribution in [2.24, 2.45) is 11.7 Å². The summed E-state index contributed by atoms with van der Waals surface area (Å²) >= 11 is 0. The van der Waals surface area contributed by atoms with E-state index < -0.39 is 0 Å². The Bertz CT molecular complexity index is 430. The summed E-state index contributed by atoms with van der Waals surface area (Å²) in [5.41, 5.74) is 9.83. The number of fused-ring (bicyclic) bond motifs is 1. The largest absolute Gasteiger partial charge is 0.330 e. The first-order valence-electron chi connectivity index (χ1n) is 7.78. The first-order chi connectivity index (χ1) is 9.36. The smallest absolute Gasteiger partial charge is 0.0545 e. The van der Waals surface area contributed by atoms with Gasteiger partial charge in [-0.25, -0.2) is 0 Å². The van der Waals surface area contributed by atoms with Crippen LogP contribution in [0.5, 0.6) is 0 Å². The number of aromatic nitrogens is 1. The van der Waals surface area contributed by atoms with Gasteiger partial charge in [-0.15, -0.1) is 0 Å². The highest BCUT2D eigenvalue weighted by Gasteiger charge is 2.25. The summed E-state index contributed by atoms with van der Waals surface area (Å²) in [5.74, 6) is 0.664. The van der Waals surface area contributed by atoms with Crippen molar-refractivity contribution in [3.05, 3.63) is 29.1 Å². The zero-order valence-electron chi connectivity index (χ0n) is 11.7. The summed E-state index contributed by atoms with van der Waals surface area (Å²) in [5, 5.41) is 3.66. The molecule has 3 heteroatoms. The molecule has 19 heavy (non-hydrogen) atoms. The topological polar surface area (TPSA) is 50.9 Å². The molecule has 104 valence electrons. The van der Waals surface area contributed by atoms with Crippen molar-refractivity contribution in [3.63, 3.8) is 0 Å². The maximum Gasteiger partial charge on any atom is 0.0545 e. The van der Waals surface area contributed by atoms with Crippen molar-refractivity contribution in [2.45, 2.75) is 57.5 Å². The number of hydrogen-bond donors (Lipinski definition) is 2. The van der Waals surface area contributed by atoms with E-state index in [0.717, 1.165) is 19.5 Å². The fourth-order valence-electron chi connectivity index (χ4n) is 3.55. The first kappa shape index (κ1) is 13.1. The average molecular weight is 259 g/mol. The molecule has 3 nitrogen and oxygen atoms in total. The highest BCUT2D eigenvalue weighted by atomic mass is 14.9. The van der Waals surface area contributed by atoms with Crippen molar-refractivity contribution in [3.8, 4) is 0 Å². The van der Waals surface area contributed by atoms with Gasteiger partial charge in [0.2, 0.25) is 0 Å². The Labute approximate surface area is 116 Å². The number of hydrogen-bond acceptors (Lipinski definition) is 3. The number of nitrogens with two attached hydrogens (primary N) is 1. The van der Waals surface area contributed by atoms with Gasteiger partial charge in [0.15, 0.2) is 0 Å². The van der Waals surface area contributed by atoms with E-state index in [9.17, 15) is 0 Å². The molecule has 2 aliphatic rings. The molecule has 1 aromatic rings. The Morgan fingerprint density at radius 1 is 1.16 bits per heavy atom. The zero-order chi connectivity index (χ0) is 13.1. The molecule has 3 N–H and O–H groups in total. The van der Waals surface area contributed by atoms with Gasteiger partial charge in [-0.1, -0.05) is 12.5 Å². The van der Waals surface area contributed by atoms with E-state index in [1.807, 2.05) is 0 Å². The first-order valence-corrected chi connectivity index (χ1v) is 7.78. The van der Waals surface area contributed by atoms with Crippen LogP contribution in [-0.4, -0.2) is 17.6 Å². The van der Waals surface area contributed by atoms with Crippen LogP contribution < -0.4 is 11.1 Å². The minimum atomic E-state index is 0.600. The lowest BCUT2D eigenvalue weighted by atomic mass is 9.96. The SMILES string of the molecule is NCC1CCCC1NCc1ccc2c(n1)CCCC2. The van der Waals surface area contributed by atoms with Gasteiger partial charge < -0.3 is 11.1 Å². The van der Waals surface area contributed by atoms with Crippen LogP contribution in [0.3, 0.4) is 0 Å². The molecule has 3 rings (SSSR count). The zero-order valence-corrected chi connectivity index (χ0v) is 11.7. The van der Waals surface area contributed by atoms with Crippen molar-refractivity contribution in [1.82, 2.24) is 10.3 Å². The Hall–Kier alpha value is -0.930. The van der Waals surface area contributed by atoms with E-state index in [-0.39, 0.29) is 0 Å². The van der Waals surface area contributed by atoms with Crippen LogP contribution in [0.2, 0.25) is 0 Å². The minimum Gasteiger partial charge on any atom is -0.330 e. The predicted octanol–water partition coefficient (Wildman–Crippen LogP) is 2.18. The molecule has 0 radical (unpaired) electrons. The summed E-state index contributed by atoms with van der Waals surface area (Å²) in [6, 6.07) is 5.08. The Morgan fingerprint density at radius 2 is 2.05 bits per heavy atom. The molecule has 2 atom stereocenters. The van der Waals surface area contributed by atoms with Crippen molar-refractivity contribution >= 4 is 0 Å². The highest BCUT2D eigenvalue weighted by Crippen LogP contribution is 2.25. The van der Waals surface area contributed by atoms with E-state index >= 15 is 0 Å². The second-order valence-corrected chi connectivity index (χ2v) is 6.03. The van der Waals surface area contributed by atoms with Gasteiger partial charge in [0.05, 0.1) is 5.69 Å². The van der Waals surface area contributed by atoms with E-state index in [4.69, 9.17) is 10.7 Å². The highest BCUT2D eigenvalue weighted by molar-refractivity contribution is 5.25. The summed E-state index contributed by atoms with van der Waals surface area (Å²) in [4.78, 5) is 4.83. The van der Waals surface area contributed by atoms with E-state index in [2.05, 4.69) is 17.4 Å². The predicted molar refractivity (Wildman–Crippen MR) is 77.9 cm³/mol. The van der Waals surface area contributed by atoms with Gasteiger partial charge in [0.1, 0.15) is 0 Å². The number of pyridine rings is 1. The van der Waals surface area contributed by atoms with E-state index in [1.54, 1.807) is 0 Å². The van der Waals surface area contributed by atoms with Crippen LogP contribution in [0.1, 0.15) is 49.1 Å². The van der Waals surface area contributed by atoms with Crippen LogP contribution >= 0.6 is 0 Å². The Kier molecular flexibility index (Phi) is 4.14. The third-order valence-corrected chi connectivity index (χ3v) is 4.74. The molecule has 0 saturated heterocycles. The monoisotopic (exact) mass is 259 g/mol. The molecule has 2 aliphatic carbocycles. The lowest BCUT2D eigenvalue weighted by Crippen LogP contribution is -2.35. The molecular formula is C16H25N3. The third kappa shape index (κ3) is 2.98. The van der Waals surface area contributed by atoms with Gasteiger partial charge in [0.25, 0.3) is 0 Å². The summed E-state index contributed by atoms with van der Waals surface area (Å²) in [7, 11) is 0. The van der Waals surface area contributed by atoms with Crippen molar-refractivity contribution in [1.29, 1.82) is 0 Å². The number of nitrogens with one attached hydrogen (secondary N) is 1. The number of rotatable bonds is 4. The summed E-state index contributed by atoms with van der Waals surface area (Å²) in [6.07, 6.45) is 8.88. The maximum atomic E-state index is 5.83. The van der Waals surface area contributed by atoms with Crippen LogP contribution in [0, 0.1) is 5.92 Å². The second kappa shape index (κ2) is 6.02. The fourth-order valence-corrected chi connectivity index (χ4v) is 3.55. The van der Waals surface area contributed by atoms with Crippen LogP contribution in [-0.2, 0) is 19.4 Å². The molecule has 1 heterocycles. The van der Waals surface area contributed by atoms with Gasteiger partial charge in [0, 0.05) is 18.3 Å². The van der Waals surface area contributed by atoms with Gasteiger partial charge in [-0.05, 0) is 62.6 Å². The molecule has 2 unspecified atom stereocenters. The molecular weight excluding hydrogens is 234 g/mol. The quantitative estimate of drug-likeness (QED) is 0.871. The van der Waals surface area contributed by atoms with Crippen LogP contribution in [0.4, 0.5) is 0 Å². The van der Waals surface area contributed by atoms with Crippen molar-refractivity contribution < 1.29 is 0 Å². The molecule has 1 saturated carbocycles. The molecule has 0 spiro atoms. The Balaban J connectivity index is 1.60. The molecule has 0 bridgehead atoms. The van der Waals surface area contributed by atoms with Crippen LogP contribution in [0.25, 0.3) is 0 Å². The molecule has 1 fully saturated rings. The lowest BCUT2D eigenvalue weighted by Gasteiger charge is -2.20. The molecule has 0 aliphatic heterocycles.